The molecule has 1 amide bonds. The molecule has 3 aromatic rings. The molecule has 1 unspecified atom stereocenters. The molecule has 6 heteroatoms. The second-order valence-corrected chi connectivity index (χ2v) is 8.52. The predicted octanol–water partition coefficient (Wildman–Crippen LogP) is 4.78. The summed E-state index contributed by atoms with van der Waals surface area (Å²) in [6.07, 6.45) is 2.35. The van der Waals surface area contributed by atoms with Gasteiger partial charge in [-0.2, -0.15) is 0 Å². The molecule has 0 aliphatic heterocycles. The Bertz CT molecular complexity index is 975. The molecule has 0 saturated heterocycles. The van der Waals surface area contributed by atoms with E-state index in [1.165, 1.54) is 24.6 Å². The van der Waals surface area contributed by atoms with Crippen LogP contribution in [0.15, 0.2) is 53.7 Å². The lowest BCUT2D eigenvalue weighted by molar-refractivity contribution is -0.115. The van der Waals surface area contributed by atoms with Gasteiger partial charge >= 0.3 is 0 Å². The van der Waals surface area contributed by atoms with Crippen molar-refractivity contribution in [3.8, 4) is 0 Å². The summed E-state index contributed by atoms with van der Waals surface area (Å²) >= 11 is 1.45. The van der Waals surface area contributed by atoms with Crippen molar-refractivity contribution in [1.82, 2.24) is 14.8 Å². The van der Waals surface area contributed by atoms with Crippen LogP contribution in [0.2, 0.25) is 0 Å². The van der Waals surface area contributed by atoms with E-state index in [-0.39, 0.29) is 5.91 Å². The highest BCUT2D eigenvalue weighted by Gasteiger charge is 2.31. The second kappa shape index (κ2) is 7.80. The number of amides is 1. The van der Waals surface area contributed by atoms with Crippen LogP contribution in [-0.4, -0.2) is 20.7 Å². The van der Waals surface area contributed by atoms with Crippen LogP contribution in [-0.2, 0) is 11.8 Å². The van der Waals surface area contributed by atoms with Gasteiger partial charge in [0.25, 0.3) is 0 Å². The fourth-order valence-corrected chi connectivity index (χ4v) is 4.40. The van der Waals surface area contributed by atoms with Crippen molar-refractivity contribution in [2.75, 3.05) is 5.32 Å². The number of nitrogens with one attached hydrogen (secondary N) is 1. The Labute approximate surface area is 169 Å². The zero-order valence-electron chi connectivity index (χ0n) is 16.3. The standard InChI is InChI=1S/C22H24N4OS/c1-14-11-15(2)13-18(12-14)23-21(27)19(16-7-5-4-6-8-16)28-22-25-24-20(26(22)3)17-9-10-17/h4-8,11-13,17,19H,9-10H2,1-3H3,(H,23,27). The third-order valence-electron chi connectivity index (χ3n) is 4.86. The average Bonchev–Trinajstić information content (AvgIpc) is 3.43. The van der Waals surface area contributed by atoms with Gasteiger partial charge in [-0.15, -0.1) is 10.2 Å². The molecule has 1 aromatic heterocycles. The van der Waals surface area contributed by atoms with Crippen LogP contribution < -0.4 is 5.32 Å². The fraction of sp³-hybridized carbons (Fsp3) is 0.318. The van der Waals surface area contributed by atoms with Crippen LogP contribution >= 0.6 is 11.8 Å². The molecule has 1 heterocycles. The molecule has 5 nitrogen and oxygen atoms in total. The third-order valence-corrected chi connectivity index (χ3v) is 6.15. The summed E-state index contributed by atoms with van der Waals surface area (Å²) in [5.74, 6) is 1.48. The van der Waals surface area contributed by atoms with Crippen LogP contribution in [0.25, 0.3) is 0 Å². The van der Waals surface area contributed by atoms with E-state index in [0.717, 1.165) is 33.4 Å². The Kier molecular flexibility index (Phi) is 5.22. The monoisotopic (exact) mass is 392 g/mol. The Morgan fingerprint density at radius 1 is 1.11 bits per heavy atom. The van der Waals surface area contributed by atoms with E-state index in [0.29, 0.717) is 5.92 Å². The first kappa shape index (κ1) is 18.7. The number of aromatic nitrogens is 3. The second-order valence-electron chi connectivity index (χ2n) is 7.45. The first-order valence-electron chi connectivity index (χ1n) is 9.51. The largest absolute Gasteiger partial charge is 0.325 e. The van der Waals surface area contributed by atoms with Gasteiger partial charge in [0.1, 0.15) is 11.1 Å². The van der Waals surface area contributed by atoms with Crippen molar-refractivity contribution < 1.29 is 4.79 Å². The Balaban J connectivity index is 1.61. The normalized spacial score (nSPS) is 14.7. The van der Waals surface area contributed by atoms with Gasteiger partial charge in [-0.05, 0) is 55.5 Å². The van der Waals surface area contributed by atoms with E-state index in [1.807, 2.05) is 67.9 Å². The minimum atomic E-state index is -0.406. The Hall–Kier alpha value is -2.60. The lowest BCUT2D eigenvalue weighted by atomic mass is 10.1. The van der Waals surface area contributed by atoms with E-state index < -0.39 is 5.25 Å². The highest BCUT2D eigenvalue weighted by Crippen LogP contribution is 2.41. The van der Waals surface area contributed by atoms with Gasteiger partial charge in [-0.3, -0.25) is 4.79 Å². The molecule has 1 fully saturated rings. The van der Waals surface area contributed by atoms with Crippen LogP contribution in [0.5, 0.6) is 0 Å². The zero-order valence-corrected chi connectivity index (χ0v) is 17.2. The highest BCUT2D eigenvalue weighted by atomic mass is 32.2. The predicted molar refractivity (Wildman–Crippen MR) is 113 cm³/mol. The van der Waals surface area contributed by atoms with Gasteiger partial charge in [-0.25, -0.2) is 0 Å². The Morgan fingerprint density at radius 3 is 2.43 bits per heavy atom. The molecule has 1 aliphatic rings. The minimum absolute atomic E-state index is 0.0582. The number of hydrogen-bond donors (Lipinski definition) is 1. The van der Waals surface area contributed by atoms with Crippen LogP contribution in [0.4, 0.5) is 5.69 Å². The molecule has 0 bridgehead atoms. The Morgan fingerprint density at radius 2 is 1.79 bits per heavy atom. The summed E-state index contributed by atoms with van der Waals surface area (Å²) in [6, 6.07) is 15.9. The van der Waals surface area contributed by atoms with Crippen LogP contribution in [0.1, 0.15) is 46.5 Å². The molecule has 144 valence electrons. The van der Waals surface area contributed by atoms with Gasteiger partial charge in [0.2, 0.25) is 5.91 Å². The van der Waals surface area contributed by atoms with Gasteiger partial charge in [0.15, 0.2) is 5.16 Å². The summed E-state index contributed by atoms with van der Waals surface area (Å²) in [5, 5.41) is 12.2. The number of carbonyl (C=O) groups excluding carboxylic acids is 1. The van der Waals surface area contributed by atoms with Crippen molar-refractivity contribution in [2.45, 2.75) is 43.0 Å². The van der Waals surface area contributed by atoms with Crippen LogP contribution in [0, 0.1) is 13.8 Å². The first-order valence-corrected chi connectivity index (χ1v) is 10.4. The third kappa shape index (κ3) is 4.12. The summed E-state index contributed by atoms with van der Waals surface area (Å²) < 4.78 is 2.03. The van der Waals surface area contributed by atoms with Crippen LogP contribution in [0.3, 0.4) is 0 Å². The summed E-state index contributed by atoms with van der Waals surface area (Å²) in [5.41, 5.74) is 4.02. The number of thioether (sulfide) groups is 1. The molecule has 1 atom stereocenters. The molecular weight excluding hydrogens is 368 g/mol. The van der Waals surface area contributed by atoms with E-state index in [4.69, 9.17) is 0 Å². The number of anilines is 1. The molecule has 0 spiro atoms. The van der Waals surface area contributed by atoms with Gasteiger partial charge in [-0.1, -0.05) is 48.2 Å². The lowest BCUT2D eigenvalue weighted by Gasteiger charge is -2.17. The topological polar surface area (TPSA) is 59.8 Å². The van der Waals surface area contributed by atoms with E-state index in [1.54, 1.807) is 0 Å². The summed E-state index contributed by atoms with van der Waals surface area (Å²) in [4.78, 5) is 13.2. The summed E-state index contributed by atoms with van der Waals surface area (Å²) in [6.45, 7) is 4.07. The van der Waals surface area contributed by atoms with Gasteiger partial charge < -0.3 is 9.88 Å². The lowest BCUT2D eigenvalue weighted by Crippen LogP contribution is -2.19. The minimum Gasteiger partial charge on any atom is -0.325 e. The van der Waals surface area contributed by atoms with E-state index >= 15 is 0 Å². The number of hydrogen-bond acceptors (Lipinski definition) is 4. The zero-order chi connectivity index (χ0) is 19.7. The van der Waals surface area contributed by atoms with Crippen molar-refractivity contribution in [3.63, 3.8) is 0 Å². The number of aryl methyl sites for hydroxylation is 2. The van der Waals surface area contributed by atoms with E-state index in [9.17, 15) is 4.79 Å². The average molecular weight is 393 g/mol. The SMILES string of the molecule is Cc1cc(C)cc(NC(=O)C(Sc2nnc(C3CC3)n2C)c2ccccc2)c1. The first-order chi connectivity index (χ1) is 13.5. The fourth-order valence-electron chi connectivity index (χ4n) is 3.39. The highest BCUT2D eigenvalue weighted by molar-refractivity contribution is 8.00. The number of rotatable bonds is 6. The number of carbonyl (C=O) groups is 1. The molecule has 2 aromatic carbocycles. The van der Waals surface area contributed by atoms with Crippen molar-refractivity contribution >= 4 is 23.4 Å². The van der Waals surface area contributed by atoms with Crippen molar-refractivity contribution in [3.05, 3.63) is 71.0 Å². The molecule has 4 rings (SSSR count). The van der Waals surface area contributed by atoms with Crippen molar-refractivity contribution in [1.29, 1.82) is 0 Å². The molecule has 0 radical (unpaired) electrons. The molecule has 28 heavy (non-hydrogen) atoms. The van der Waals surface area contributed by atoms with Crippen molar-refractivity contribution in [2.24, 2.45) is 7.05 Å². The smallest absolute Gasteiger partial charge is 0.242 e. The van der Waals surface area contributed by atoms with Gasteiger partial charge in [0, 0.05) is 18.7 Å². The molecular formula is C22H24N4OS. The summed E-state index contributed by atoms with van der Waals surface area (Å²) in [7, 11) is 1.99. The quantitative estimate of drug-likeness (QED) is 0.613. The number of benzene rings is 2. The van der Waals surface area contributed by atoms with Gasteiger partial charge in [0.05, 0.1) is 0 Å². The maximum Gasteiger partial charge on any atom is 0.242 e. The maximum absolute atomic E-state index is 13.2. The molecule has 1 saturated carbocycles. The molecule has 1 aliphatic carbocycles. The maximum atomic E-state index is 13.2. The molecule has 1 N–H and O–H groups in total. The number of nitrogens with zero attached hydrogens (tertiary/aromatic N) is 3. The van der Waals surface area contributed by atoms with E-state index in [2.05, 4.69) is 21.6 Å².